The molecule has 0 saturated heterocycles. The van der Waals surface area contributed by atoms with Crippen LogP contribution in [0.1, 0.15) is 11.1 Å². The van der Waals surface area contributed by atoms with Gasteiger partial charge in [-0.25, -0.2) is 17.9 Å². The van der Waals surface area contributed by atoms with Crippen LogP contribution >= 0.6 is 12.4 Å². The number of hydrogen-bond donors (Lipinski definition) is 1. The van der Waals surface area contributed by atoms with E-state index in [1.54, 1.807) is 65.5 Å². The normalized spacial score (nSPS) is 11.1. The maximum Gasteiger partial charge on any atom is 0.341 e. The van der Waals surface area contributed by atoms with Crippen molar-refractivity contribution in [3.05, 3.63) is 108 Å². The third kappa shape index (κ3) is 6.69. The number of benzene rings is 3. The summed E-state index contributed by atoms with van der Waals surface area (Å²) in [5.74, 6) is -0.724. The topological polar surface area (TPSA) is 102 Å². The number of carboxylic acid groups (broad SMARTS) is 1. The molecule has 0 aliphatic carbocycles. The Balaban J connectivity index is 0.00000342. The molecular formula is C25H24ClN3O5S. The summed E-state index contributed by atoms with van der Waals surface area (Å²) in [5, 5.41) is 13.1. The second-order valence-corrected chi connectivity index (χ2v) is 9.47. The second-order valence-electron chi connectivity index (χ2n) is 7.53. The Bertz CT molecular complexity index is 1350. The van der Waals surface area contributed by atoms with Crippen LogP contribution in [0.15, 0.2) is 102 Å². The fourth-order valence-corrected chi connectivity index (χ4v) is 4.87. The van der Waals surface area contributed by atoms with Crippen molar-refractivity contribution < 1.29 is 23.1 Å². The summed E-state index contributed by atoms with van der Waals surface area (Å²) in [4.78, 5) is 11.0. The zero-order valence-corrected chi connectivity index (χ0v) is 20.2. The van der Waals surface area contributed by atoms with Gasteiger partial charge in [0.2, 0.25) is 10.0 Å². The Morgan fingerprint density at radius 1 is 0.914 bits per heavy atom. The molecule has 8 nitrogen and oxygen atoms in total. The highest BCUT2D eigenvalue weighted by Crippen LogP contribution is 2.23. The van der Waals surface area contributed by atoms with E-state index in [1.807, 2.05) is 36.5 Å². The Morgan fingerprint density at radius 2 is 1.63 bits per heavy atom. The van der Waals surface area contributed by atoms with Gasteiger partial charge in [-0.3, -0.25) is 0 Å². The first kappa shape index (κ1) is 26.0. The zero-order chi connectivity index (χ0) is 24.0. The van der Waals surface area contributed by atoms with Gasteiger partial charge in [-0.05, 0) is 53.6 Å². The third-order valence-electron chi connectivity index (χ3n) is 5.06. The van der Waals surface area contributed by atoms with E-state index in [0.29, 0.717) is 11.3 Å². The van der Waals surface area contributed by atoms with E-state index < -0.39 is 22.6 Å². The molecule has 1 aromatic heterocycles. The molecular weight excluding hydrogens is 490 g/mol. The van der Waals surface area contributed by atoms with Crippen LogP contribution in [-0.4, -0.2) is 40.2 Å². The number of nitrogens with zero attached hydrogens (tertiary/aromatic N) is 3. The van der Waals surface area contributed by atoms with Crippen molar-refractivity contribution in [2.75, 3.05) is 6.61 Å². The lowest BCUT2D eigenvalue weighted by Crippen LogP contribution is -2.30. The molecule has 0 atom stereocenters. The summed E-state index contributed by atoms with van der Waals surface area (Å²) in [5.41, 5.74) is 2.36. The van der Waals surface area contributed by atoms with Gasteiger partial charge in [0.25, 0.3) is 0 Å². The van der Waals surface area contributed by atoms with Crippen molar-refractivity contribution in [2.45, 2.75) is 18.0 Å². The van der Waals surface area contributed by atoms with Gasteiger partial charge >= 0.3 is 5.97 Å². The number of halogens is 1. The Hall–Kier alpha value is -3.66. The molecule has 0 bridgehead atoms. The standard InChI is InChI=1S/C25H23N3O5S.ClH/c29-25(30)19-33-23-7-4-6-21(16-23)18-27(34(31,32)24-8-2-1-3-9-24)17-20-10-12-22(13-11-20)28-15-5-14-26-28;/h1-16H,17-19H2,(H,29,30);1H. The van der Waals surface area contributed by atoms with E-state index in [-0.39, 0.29) is 30.4 Å². The number of carbonyl (C=O) groups is 1. The van der Waals surface area contributed by atoms with E-state index >= 15 is 0 Å². The Morgan fingerprint density at radius 3 is 2.29 bits per heavy atom. The molecule has 0 aliphatic rings. The van der Waals surface area contributed by atoms with Gasteiger partial charge in [0.15, 0.2) is 6.61 Å². The zero-order valence-electron chi connectivity index (χ0n) is 18.6. The summed E-state index contributed by atoms with van der Waals surface area (Å²) in [6.07, 6.45) is 3.52. The van der Waals surface area contributed by atoms with E-state index in [4.69, 9.17) is 9.84 Å². The molecule has 0 saturated carbocycles. The quantitative estimate of drug-likeness (QED) is 0.342. The van der Waals surface area contributed by atoms with E-state index in [0.717, 1.165) is 11.3 Å². The predicted octanol–water partition coefficient (Wildman–Crippen LogP) is 4.15. The van der Waals surface area contributed by atoms with Crippen LogP contribution in [0.5, 0.6) is 5.75 Å². The van der Waals surface area contributed by atoms with Gasteiger partial charge in [-0.2, -0.15) is 9.40 Å². The van der Waals surface area contributed by atoms with Crippen LogP contribution in [0, 0.1) is 0 Å². The van der Waals surface area contributed by atoms with E-state index in [2.05, 4.69) is 5.10 Å². The van der Waals surface area contributed by atoms with Crippen molar-refractivity contribution in [1.82, 2.24) is 14.1 Å². The highest BCUT2D eigenvalue weighted by Gasteiger charge is 2.25. The van der Waals surface area contributed by atoms with Crippen molar-refractivity contribution in [2.24, 2.45) is 0 Å². The summed E-state index contributed by atoms with van der Waals surface area (Å²) in [6, 6.07) is 24.4. The SMILES string of the molecule is Cl.O=C(O)COc1cccc(CN(Cc2ccc(-n3cccn3)cc2)S(=O)(=O)c2ccccc2)c1. The monoisotopic (exact) mass is 513 g/mol. The highest BCUT2D eigenvalue weighted by atomic mass is 35.5. The molecule has 1 N–H and O–H groups in total. The first-order valence-electron chi connectivity index (χ1n) is 10.5. The molecule has 4 rings (SSSR count). The molecule has 35 heavy (non-hydrogen) atoms. The number of sulfonamides is 1. The van der Waals surface area contributed by atoms with Gasteiger partial charge in [0.1, 0.15) is 5.75 Å². The minimum absolute atomic E-state index is 0. The summed E-state index contributed by atoms with van der Waals surface area (Å²) < 4.78 is 35.4. The average molecular weight is 514 g/mol. The van der Waals surface area contributed by atoms with Crippen LogP contribution in [0.2, 0.25) is 0 Å². The molecule has 0 fully saturated rings. The first-order chi connectivity index (χ1) is 16.4. The maximum atomic E-state index is 13.5. The molecule has 0 radical (unpaired) electrons. The summed E-state index contributed by atoms with van der Waals surface area (Å²) in [6.45, 7) is -0.239. The van der Waals surface area contributed by atoms with Gasteiger partial charge in [0.05, 0.1) is 10.6 Å². The Labute approximate surface area is 209 Å². The van der Waals surface area contributed by atoms with Gasteiger partial charge < -0.3 is 9.84 Å². The number of carboxylic acids is 1. The molecule has 0 spiro atoms. The number of ether oxygens (including phenoxy) is 1. The molecule has 0 amide bonds. The lowest BCUT2D eigenvalue weighted by molar-refractivity contribution is -0.139. The maximum absolute atomic E-state index is 13.5. The van der Waals surface area contributed by atoms with Crippen molar-refractivity contribution in [1.29, 1.82) is 0 Å². The fraction of sp³-hybridized carbons (Fsp3) is 0.120. The van der Waals surface area contributed by atoms with Crippen molar-refractivity contribution in [3.63, 3.8) is 0 Å². The minimum Gasteiger partial charge on any atom is -0.482 e. The average Bonchev–Trinajstić information content (AvgIpc) is 3.39. The molecule has 0 unspecified atom stereocenters. The summed E-state index contributed by atoms with van der Waals surface area (Å²) in [7, 11) is -3.81. The molecule has 1 heterocycles. The fourth-order valence-electron chi connectivity index (χ4n) is 3.43. The van der Waals surface area contributed by atoms with Gasteiger partial charge in [-0.15, -0.1) is 12.4 Å². The number of hydrogen-bond acceptors (Lipinski definition) is 5. The minimum atomic E-state index is -3.81. The summed E-state index contributed by atoms with van der Waals surface area (Å²) >= 11 is 0. The van der Waals surface area contributed by atoms with E-state index in [9.17, 15) is 13.2 Å². The highest BCUT2D eigenvalue weighted by molar-refractivity contribution is 7.89. The van der Waals surface area contributed by atoms with Crippen LogP contribution in [0.4, 0.5) is 0 Å². The number of aromatic nitrogens is 2. The number of aliphatic carboxylic acids is 1. The largest absolute Gasteiger partial charge is 0.482 e. The number of rotatable bonds is 10. The van der Waals surface area contributed by atoms with Gasteiger partial charge in [0, 0.05) is 25.5 Å². The Kier molecular flexibility index (Phi) is 8.64. The van der Waals surface area contributed by atoms with Crippen molar-refractivity contribution in [3.8, 4) is 11.4 Å². The second kappa shape index (κ2) is 11.7. The van der Waals surface area contributed by atoms with Crippen LogP contribution in [0.3, 0.4) is 0 Å². The van der Waals surface area contributed by atoms with Crippen LogP contribution < -0.4 is 4.74 Å². The lowest BCUT2D eigenvalue weighted by Gasteiger charge is -2.23. The molecule has 4 aromatic rings. The molecule has 0 aliphatic heterocycles. The molecule has 3 aromatic carbocycles. The van der Waals surface area contributed by atoms with E-state index in [1.165, 1.54) is 4.31 Å². The van der Waals surface area contributed by atoms with Gasteiger partial charge in [-0.1, -0.05) is 42.5 Å². The first-order valence-corrected chi connectivity index (χ1v) is 11.9. The molecule has 182 valence electrons. The van der Waals surface area contributed by atoms with Crippen molar-refractivity contribution >= 4 is 28.4 Å². The lowest BCUT2D eigenvalue weighted by atomic mass is 10.2. The van der Waals surface area contributed by atoms with Crippen LogP contribution in [0.25, 0.3) is 5.69 Å². The predicted molar refractivity (Wildman–Crippen MR) is 133 cm³/mol. The van der Waals surface area contributed by atoms with Crippen LogP contribution in [-0.2, 0) is 27.9 Å². The smallest absolute Gasteiger partial charge is 0.341 e. The third-order valence-corrected chi connectivity index (χ3v) is 6.87. The molecule has 10 heteroatoms.